The van der Waals surface area contributed by atoms with E-state index in [1.54, 1.807) is 36.0 Å². The number of oxazole rings is 1. The SMILES string of the molecule is Cc1oc(-n2cccc2)nc1C(=O)Nc1ccc(N2CCCCC2)c(F)c1. The van der Waals surface area contributed by atoms with Gasteiger partial charge in [-0.2, -0.15) is 4.98 Å². The first-order chi connectivity index (χ1) is 13.1. The van der Waals surface area contributed by atoms with Crippen LogP contribution < -0.4 is 10.2 Å². The van der Waals surface area contributed by atoms with E-state index in [9.17, 15) is 9.18 Å². The van der Waals surface area contributed by atoms with Crippen LogP contribution in [0.4, 0.5) is 15.8 Å². The summed E-state index contributed by atoms with van der Waals surface area (Å²) < 4.78 is 21.8. The van der Waals surface area contributed by atoms with Crippen LogP contribution in [-0.2, 0) is 0 Å². The minimum Gasteiger partial charge on any atom is -0.428 e. The molecule has 0 radical (unpaired) electrons. The van der Waals surface area contributed by atoms with Gasteiger partial charge < -0.3 is 14.6 Å². The Hall–Kier alpha value is -3.09. The van der Waals surface area contributed by atoms with E-state index in [2.05, 4.69) is 15.2 Å². The van der Waals surface area contributed by atoms with Gasteiger partial charge in [-0.25, -0.2) is 4.39 Å². The first-order valence-electron chi connectivity index (χ1n) is 9.08. The number of rotatable bonds is 4. The van der Waals surface area contributed by atoms with Crippen molar-refractivity contribution in [2.45, 2.75) is 26.2 Å². The standard InChI is InChI=1S/C20H21FN4O2/c1-14-18(23-20(27-14)25-11-5-6-12-25)19(26)22-15-7-8-17(16(21)13-15)24-9-3-2-4-10-24/h5-8,11-13H,2-4,9-10H2,1H3,(H,22,26). The van der Waals surface area contributed by atoms with Crippen LogP contribution in [0.5, 0.6) is 0 Å². The van der Waals surface area contributed by atoms with E-state index in [0.717, 1.165) is 25.9 Å². The van der Waals surface area contributed by atoms with E-state index in [1.807, 2.05) is 12.1 Å². The van der Waals surface area contributed by atoms with E-state index < -0.39 is 5.91 Å². The number of hydrogen-bond donors (Lipinski definition) is 1. The Bertz CT molecular complexity index is 943. The van der Waals surface area contributed by atoms with Crippen molar-refractivity contribution < 1.29 is 13.6 Å². The number of piperidine rings is 1. The predicted octanol–water partition coefficient (Wildman–Crippen LogP) is 4.16. The summed E-state index contributed by atoms with van der Waals surface area (Å²) in [6.45, 7) is 3.40. The molecule has 0 saturated carbocycles. The monoisotopic (exact) mass is 368 g/mol. The lowest BCUT2D eigenvalue weighted by Gasteiger charge is -2.29. The number of benzene rings is 1. The van der Waals surface area contributed by atoms with E-state index in [4.69, 9.17) is 4.42 Å². The number of aromatic nitrogens is 2. The molecule has 0 spiro atoms. The number of carbonyl (C=O) groups excluding carboxylic acids is 1. The highest BCUT2D eigenvalue weighted by Crippen LogP contribution is 2.26. The Balaban J connectivity index is 1.50. The number of amides is 1. The summed E-state index contributed by atoms with van der Waals surface area (Å²) in [7, 11) is 0. The fraction of sp³-hybridized carbons (Fsp3) is 0.300. The van der Waals surface area contributed by atoms with Gasteiger partial charge in [-0.05, 0) is 56.5 Å². The van der Waals surface area contributed by atoms with E-state index in [0.29, 0.717) is 23.1 Å². The molecule has 0 unspecified atom stereocenters. The smallest absolute Gasteiger partial charge is 0.306 e. The molecule has 6 nitrogen and oxygen atoms in total. The van der Waals surface area contributed by atoms with Gasteiger partial charge in [0.25, 0.3) is 5.91 Å². The second-order valence-electron chi connectivity index (χ2n) is 6.66. The van der Waals surface area contributed by atoms with Crippen LogP contribution >= 0.6 is 0 Å². The van der Waals surface area contributed by atoms with Crippen LogP contribution in [0.1, 0.15) is 35.5 Å². The van der Waals surface area contributed by atoms with Crippen molar-refractivity contribution in [1.29, 1.82) is 0 Å². The van der Waals surface area contributed by atoms with Gasteiger partial charge in [0.15, 0.2) is 5.69 Å². The molecule has 140 valence electrons. The number of halogens is 1. The number of nitrogens with zero attached hydrogens (tertiary/aromatic N) is 3. The third-order valence-electron chi connectivity index (χ3n) is 4.73. The minimum atomic E-state index is -0.431. The van der Waals surface area contributed by atoms with E-state index in [-0.39, 0.29) is 11.5 Å². The van der Waals surface area contributed by atoms with Crippen molar-refractivity contribution in [3.8, 4) is 6.01 Å². The molecule has 7 heteroatoms. The lowest BCUT2D eigenvalue weighted by Crippen LogP contribution is -2.30. The Morgan fingerprint density at radius 2 is 1.93 bits per heavy atom. The molecule has 0 bridgehead atoms. The molecule has 1 aromatic carbocycles. The molecular weight excluding hydrogens is 347 g/mol. The Labute approximate surface area is 156 Å². The molecule has 1 amide bonds. The van der Waals surface area contributed by atoms with Crippen molar-refractivity contribution in [2.24, 2.45) is 0 Å². The van der Waals surface area contributed by atoms with Gasteiger partial charge in [-0.1, -0.05) is 0 Å². The highest BCUT2D eigenvalue weighted by atomic mass is 19.1. The summed E-state index contributed by atoms with van der Waals surface area (Å²) >= 11 is 0. The van der Waals surface area contributed by atoms with Gasteiger partial charge in [0.2, 0.25) is 0 Å². The molecule has 27 heavy (non-hydrogen) atoms. The largest absolute Gasteiger partial charge is 0.428 e. The zero-order chi connectivity index (χ0) is 18.8. The molecule has 3 aromatic rings. The van der Waals surface area contributed by atoms with E-state index >= 15 is 0 Å². The summed E-state index contributed by atoms with van der Waals surface area (Å²) in [5.41, 5.74) is 1.16. The van der Waals surface area contributed by atoms with Gasteiger partial charge in [-0.15, -0.1) is 0 Å². The fourth-order valence-electron chi connectivity index (χ4n) is 3.33. The normalized spacial score (nSPS) is 14.4. The Morgan fingerprint density at radius 3 is 2.63 bits per heavy atom. The highest BCUT2D eigenvalue weighted by Gasteiger charge is 2.19. The zero-order valence-electron chi connectivity index (χ0n) is 15.1. The average molecular weight is 368 g/mol. The van der Waals surface area contributed by atoms with Crippen LogP contribution in [0.25, 0.3) is 6.01 Å². The molecule has 4 rings (SSSR count). The molecule has 0 aliphatic carbocycles. The number of carbonyl (C=O) groups is 1. The molecule has 3 heterocycles. The third kappa shape index (κ3) is 3.58. The lowest BCUT2D eigenvalue weighted by atomic mass is 10.1. The van der Waals surface area contributed by atoms with Gasteiger partial charge in [0.05, 0.1) is 5.69 Å². The van der Waals surface area contributed by atoms with Crippen LogP contribution in [0, 0.1) is 12.7 Å². The number of aryl methyl sites for hydroxylation is 1. The number of hydrogen-bond acceptors (Lipinski definition) is 4. The summed E-state index contributed by atoms with van der Waals surface area (Å²) in [5, 5.41) is 2.70. The lowest BCUT2D eigenvalue weighted by molar-refractivity contribution is 0.102. The fourth-order valence-corrected chi connectivity index (χ4v) is 3.33. The van der Waals surface area contributed by atoms with Crippen molar-refractivity contribution >= 4 is 17.3 Å². The van der Waals surface area contributed by atoms with Crippen molar-refractivity contribution in [3.05, 3.63) is 60.0 Å². The summed E-state index contributed by atoms with van der Waals surface area (Å²) in [6.07, 6.45) is 6.90. The van der Waals surface area contributed by atoms with Crippen molar-refractivity contribution in [1.82, 2.24) is 9.55 Å². The zero-order valence-corrected chi connectivity index (χ0v) is 15.1. The van der Waals surface area contributed by atoms with Crippen LogP contribution in [-0.4, -0.2) is 28.5 Å². The first-order valence-corrected chi connectivity index (χ1v) is 9.08. The van der Waals surface area contributed by atoms with E-state index in [1.165, 1.54) is 12.5 Å². The molecule has 0 atom stereocenters. The Kier molecular flexibility index (Phi) is 4.66. The molecule has 1 saturated heterocycles. The third-order valence-corrected chi connectivity index (χ3v) is 4.73. The molecule has 2 aromatic heterocycles. The van der Waals surface area contributed by atoms with Crippen molar-refractivity contribution in [2.75, 3.05) is 23.3 Å². The minimum absolute atomic E-state index is 0.180. The second-order valence-corrected chi connectivity index (χ2v) is 6.66. The number of nitrogens with one attached hydrogen (secondary N) is 1. The predicted molar refractivity (Wildman–Crippen MR) is 101 cm³/mol. The van der Waals surface area contributed by atoms with Crippen LogP contribution in [0.3, 0.4) is 0 Å². The van der Waals surface area contributed by atoms with Gasteiger partial charge in [0.1, 0.15) is 11.6 Å². The highest BCUT2D eigenvalue weighted by molar-refractivity contribution is 6.03. The molecule has 1 N–H and O–H groups in total. The molecule has 1 fully saturated rings. The second kappa shape index (κ2) is 7.26. The number of anilines is 2. The molecule has 1 aliphatic rings. The molecular formula is C20H21FN4O2. The summed E-state index contributed by atoms with van der Waals surface area (Å²) in [5.74, 6) is -0.360. The maximum atomic E-state index is 14.5. The van der Waals surface area contributed by atoms with Gasteiger partial charge in [-0.3, -0.25) is 9.36 Å². The maximum Gasteiger partial charge on any atom is 0.306 e. The maximum absolute atomic E-state index is 14.5. The molecule has 1 aliphatic heterocycles. The van der Waals surface area contributed by atoms with Gasteiger partial charge in [0, 0.05) is 31.2 Å². The van der Waals surface area contributed by atoms with Crippen LogP contribution in [0.2, 0.25) is 0 Å². The summed E-state index contributed by atoms with van der Waals surface area (Å²) in [6, 6.07) is 8.78. The first kappa shape index (κ1) is 17.3. The average Bonchev–Trinajstić information content (AvgIpc) is 3.32. The topological polar surface area (TPSA) is 63.3 Å². The van der Waals surface area contributed by atoms with Crippen molar-refractivity contribution in [3.63, 3.8) is 0 Å². The summed E-state index contributed by atoms with van der Waals surface area (Å²) in [4.78, 5) is 18.8. The Morgan fingerprint density at radius 1 is 1.19 bits per heavy atom. The van der Waals surface area contributed by atoms with Gasteiger partial charge >= 0.3 is 6.01 Å². The van der Waals surface area contributed by atoms with Crippen LogP contribution in [0.15, 0.2) is 47.1 Å². The quantitative estimate of drug-likeness (QED) is 0.751.